The molecule has 192 valence electrons. The SMILES string of the molecule is N#CC(=NNc1cc(Cl)c(Oc2ccc3c(c2)CCN(Cc2cccnn2)C3=O)c(Cl)c1)C(=O)NC(=O)O. The molecule has 0 radical (unpaired) electrons. The number of rotatable bonds is 7. The number of hydrazone groups is 1. The van der Waals surface area contributed by atoms with Crippen LogP contribution in [0.3, 0.4) is 0 Å². The highest BCUT2D eigenvalue weighted by molar-refractivity contribution is 6.46. The van der Waals surface area contributed by atoms with Gasteiger partial charge in [-0.15, -0.1) is 0 Å². The van der Waals surface area contributed by atoms with E-state index >= 15 is 0 Å². The molecule has 1 aromatic heterocycles. The molecule has 0 bridgehead atoms. The molecule has 12 nitrogen and oxygen atoms in total. The van der Waals surface area contributed by atoms with Gasteiger partial charge in [0.1, 0.15) is 11.8 Å². The largest absolute Gasteiger partial charge is 0.465 e. The summed E-state index contributed by atoms with van der Waals surface area (Å²) in [5, 5.41) is 30.8. The van der Waals surface area contributed by atoms with Gasteiger partial charge >= 0.3 is 6.09 Å². The zero-order chi connectivity index (χ0) is 27.2. The Morgan fingerprint density at radius 3 is 2.63 bits per heavy atom. The molecule has 0 unspecified atom stereocenters. The number of aromatic nitrogens is 2. The number of ether oxygens (including phenoxy) is 1. The van der Waals surface area contributed by atoms with E-state index in [1.165, 1.54) is 23.5 Å². The lowest BCUT2D eigenvalue weighted by Crippen LogP contribution is -2.37. The summed E-state index contributed by atoms with van der Waals surface area (Å²) in [5.74, 6) is -0.770. The lowest BCUT2D eigenvalue weighted by Gasteiger charge is -2.28. The van der Waals surface area contributed by atoms with Crippen LogP contribution in [0.25, 0.3) is 0 Å². The van der Waals surface area contributed by atoms with Crippen molar-refractivity contribution in [3.63, 3.8) is 0 Å². The third kappa shape index (κ3) is 6.15. The van der Waals surface area contributed by atoms with Gasteiger partial charge in [-0.3, -0.25) is 20.3 Å². The molecule has 2 aromatic carbocycles. The number of nitrogens with zero attached hydrogens (tertiary/aromatic N) is 5. The summed E-state index contributed by atoms with van der Waals surface area (Å²) in [6.45, 7) is 0.865. The van der Waals surface area contributed by atoms with Gasteiger partial charge in [-0.1, -0.05) is 23.2 Å². The Morgan fingerprint density at radius 2 is 1.97 bits per heavy atom. The van der Waals surface area contributed by atoms with Gasteiger partial charge in [0, 0.05) is 18.3 Å². The van der Waals surface area contributed by atoms with E-state index in [0.717, 1.165) is 5.56 Å². The number of hydrogen-bond acceptors (Lipinski definition) is 9. The van der Waals surface area contributed by atoms with Crippen LogP contribution in [0.15, 0.2) is 53.8 Å². The fraction of sp³-hybridized carbons (Fsp3) is 0.125. The number of nitrogens with one attached hydrogen (secondary N) is 2. The summed E-state index contributed by atoms with van der Waals surface area (Å²) in [7, 11) is 0. The Kier molecular flexibility index (Phi) is 8.00. The Labute approximate surface area is 225 Å². The van der Waals surface area contributed by atoms with Crippen molar-refractivity contribution in [2.75, 3.05) is 12.0 Å². The van der Waals surface area contributed by atoms with E-state index in [1.54, 1.807) is 35.4 Å². The molecule has 0 saturated carbocycles. The third-order valence-electron chi connectivity index (χ3n) is 5.28. The molecule has 0 atom stereocenters. The van der Waals surface area contributed by atoms with E-state index < -0.39 is 17.7 Å². The molecule has 3 N–H and O–H groups in total. The van der Waals surface area contributed by atoms with E-state index in [4.69, 9.17) is 38.3 Å². The average Bonchev–Trinajstić information content (AvgIpc) is 2.88. The number of carbonyl (C=O) groups excluding carboxylic acids is 2. The standard InChI is InChI=1S/C24H17Cl2N7O5/c25-18-9-15(31-32-20(11-27)22(34)29-24(36)37)10-19(26)21(18)38-16-3-4-17-13(8-16)5-7-33(23(17)35)12-14-2-1-6-28-30-14/h1-4,6,8-10,31H,5,7,12H2,(H,29,34)(H,36,37). The average molecular weight is 554 g/mol. The molecule has 4 rings (SSSR count). The topological polar surface area (TPSA) is 170 Å². The van der Waals surface area contributed by atoms with Crippen LogP contribution in [0, 0.1) is 11.3 Å². The Bertz CT molecular complexity index is 1470. The zero-order valence-corrected chi connectivity index (χ0v) is 20.8. The van der Waals surface area contributed by atoms with Crippen LogP contribution in [0.4, 0.5) is 10.5 Å². The number of fused-ring (bicyclic) bond motifs is 1. The molecule has 0 aliphatic carbocycles. The van der Waals surface area contributed by atoms with Crippen molar-refractivity contribution < 1.29 is 24.2 Å². The summed E-state index contributed by atoms with van der Waals surface area (Å²) in [6.07, 6.45) is 0.554. The number of nitriles is 1. The highest BCUT2D eigenvalue weighted by Gasteiger charge is 2.25. The number of hydrogen-bond donors (Lipinski definition) is 3. The molecule has 14 heteroatoms. The monoisotopic (exact) mass is 553 g/mol. The van der Waals surface area contributed by atoms with Crippen molar-refractivity contribution in [1.29, 1.82) is 5.26 Å². The van der Waals surface area contributed by atoms with Gasteiger partial charge in [0.15, 0.2) is 5.75 Å². The molecule has 3 aromatic rings. The molecular formula is C24H17Cl2N7O5. The minimum Gasteiger partial charge on any atom is -0.465 e. The molecule has 2 heterocycles. The van der Waals surface area contributed by atoms with Gasteiger partial charge in [-0.05, 0) is 54.4 Å². The van der Waals surface area contributed by atoms with E-state index in [-0.39, 0.29) is 27.4 Å². The number of carboxylic acid groups (broad SMARTS) is 1. The van der Waals surface area contributed by atoms with E-state index in [1.807, 2.05) is 6.07 Å². The second-order valence-corrected chi connectivity index (χ2v) is 8.64. The predicted molar refractivity (Wildman–Crippen MR) is 136 cm³/mol. The first-order chi connectivity index (χ1) is 18.2. The summed E-state index contributed by atoms with van der Waals surface area (Å²) in [5.41, 5.74) is 3.98. The quantitative estimate of drug-likeness (QED) is 0.290. The van der Waals surface area contributed by atoms with E-state index in [2.05, 4.69) is 20.7 Å². The molecule has 1 aliphatic heterocycles. The second-order valence-electron chi connectivity index (χ2n) is 7.83. The fourth-order valence-electron chi connectivity index (χ4n) is 3.58. The van der Waals surface area contributed by atoms with Crippen LogP contribution >= 0.6 is 23.2 Å². The highest BCUT2D eigenvalue weighted by atomic mass is 35.5. The number of imide groups is 1. The van der Waals surface area contributed by atoms with Gasteiger partial charge in [-0.25, -0.2) is 4.79 Å². The second kappa shape index (κ2) is 11.5. The van der Waals surface area contributed by atoms with Gasteiger partial charge < -0.3 is 14.7 Å². The van der Waals surface area contributed by atoms with Crippen molar-refractivity contribution in [3.8, 4) is 17.6 Å². The van der Waals surface area contributed by atoms with Crippen molar-refractivity contribution in [2.24, 2.45) is 5.10 Å². The van der Waals surface area contributed by atoms with Gasteiger partial charge in [-0.2, -0.15) is 20.6 Å². The van der Waals surface area contributed by atoms with Crippen LogP contribution < -0.4 is 15.5 Å². The summed E-state index contributed by atoms with van der Waals surface area (Å²) in [4.78, 5) is 36.9. The minimum absolute atomic E-state index is 0.0904. The maximum atomic E-state index is 13.0. The Morgan fingerprint density at radius 1 is 1.21 bits per heavy atom. The number of carbonyl (C=O) groups is 3. The Hall–Kier alpha value is -4.73. The van der Waals surface area contributed by atoms with Gasteiger partial charge in [0.2, 0.25) is 5.71 Å². The number of benzene rings is 2. The molecular weight excluding hydrogens is 537 g/mol. The molecule has 1 aliphatic rings. The van der Waals surface area contributed by atoms with Crippen LogP contribution in [-0.4, -0.2) is 50.4 Å². The van der Waals surface area contributed by atoms with Crippen molar-refractivity contribution >= 4 is 52.5 Å². The first-order valence-corrected chi connectivity index (χ1v) is 11.6. The number of anilines is 1. The van der Waals surface area contributed by atoms with Crippen LogP contribution in [-0.2, 0) is 17.8 Å². The summed E-state index contributed by atoms with van der Waals surface area (Å²) >= 11 is 12.7. The fourth-order valence-corrected chi connectivity index (χ4v) is 4.15. The van der Waals surface area contributed by atoms with E-state index in [9.17, 15) is 14.4 Å². The van der Waals surface area contributed by atoms with E-state index in [0.29, 0.717) is 36.5 Å². The lowest BCUT2D eigenvalue weighted by atomic mass is 9.98. The molecule has 38 heavy (non-hydrogen) atoms. The van der Waals surface area contributed by atoms with Crippen molar-refractivity contribution in [1.82, 2.24) is 20.4 Å². The molecule has 3 amide bonds. The summed E-state index contributed by atoms with van der Waals surface area (Å²) < 4.78 is 5.90. The highest BCUT2D eigenvalue weighted by Crippen LogP contribution is 2.39. The van der Waals surface area contributed by atoms with Crippen LogP contribution in [0.2, 0.25) is 10.0 Å². The smallest absolute Gasteiger partial charge is 0.411 e. The molecule has 0 fully saturated rings. The maximum Gasteiger partial charge on any atom is 0.411 e. The third-order valence-corrected chi connectivity index (χ3v) is 5.84. The minimum atomic E-state index is -1.63. The first kappa shape index (κ1) is 26.3. The maximum absolute atomic E-state index is 13.0. The van der Waals surface area contributed by atoms with Gasteiger partial charge in [0.25, 0.3) is 11.8 Å². The van der Waals surface area contributed by atoms with Gasteiger partial charge in [0.05, 0.1) is 28.0 Å². The van der Waals surface area contributed by atoms with Crippen LogP contribution in [0.1, 0.15) is 21.6 Å². The normalized spacial score (nSPS) is 12.8. The molecule has 0 spiro atoms. The summed E-state index contributed by atoms with van der Waals surface area (Å²) in [6, 6.07) is 12.9. The predicted octanol–water partition coefficient (Wildman–Crippen LogP) is 3.86. The number of amides is 3. The lowest BCUT2D eigenvalue weighted by molar-refractivity contribution is -0.114. The van der Waals surface area contributed by atoms with Crippen LogP contribution in [0.5, 0.6) is 11.5 Å². The number of halogens is 2. The molecule has 0 saturated heterocycles. The van der Waals surface area contributed by atoms with Crippen molar-refractivity contribution in [2.45, 2.75) is 13.0 Å². The first-order valence-electron chi connectivity index (χ1n) is 10.9. The Balaban J connectivity index is 1.47. The zero-order valence-electron chi connectivity index (χ0n) is 19.3. The van der Waals surface area contributed by atoms with Crippen molar-refractivity contribution in [3.05, 3.63) is 75.5 Å².